The molecular formula is C30H44N6O6S. The van der Waals surface area contributed by atoms with E-state index in [0.29, 0.717) is 74.4 Å². The van der Waals surface area contributed by atoms with Crippen LogP contribution in [0.4, 0.5) is 10.7 Å². The lowest BCUT2D eigenvalue weighted by molar-refractivity contribution is 0.0216. The highest BCUT2D eigenvalue weighted by Crippen LogP contribution is 2.32. The standard InChI is InChI=1S/C30H44N6O6S/c1-19-24-18-31-28(33-26(24)36(22-8-6-7-9-22)27(38)25(19)20(2)37)32-21-10-16-35(17-11-21)43(40,41)23-12-14-34(15-13-23)29(39)42-30(3,4)5/h18,21-23H,6-17H2,1-5H3,(H,31,32,33). The van der Waals surface area contributed by atoms with Crippen molar-refractivity contribution in [3.63, 3.8) is 0 Å². The fourth-order valence-electron chi connectivity index (χ4n) is 6.63. The Hall–Kier alpha value is -3.06. The highest BCUT2D eigenvalue weighted by Gasteiger charge is 2.38. The van der Waals surface area contributed by atoms with Crippen molar-refractivity contribution in [3.05, 3.63) is 27.7 Å². The summed E-state index contributed by atoms with van der Waals surface area (Å²) < 4.78 is 35.6. The van der Waals surface area contributed by atoms with Gasteiger partial charge in [0.05, 0.1) is 10.8 Å². The number of aryl methyl sites for hydroxylation is 1. The molecule has 0 spiro atoms. The summed E-state index contributed by atoms with van der Waals surface area (Å²) in [4.78, 5) is 49.1. The molecule has 2 saturated heterocycles. The van der Waals surface area contributed by atoms with Crippen LogP contribution in [0.5, 0.6) is 0 Å². The minimum atomic E-state index is -3.50. The molecule has 3 fully saturated rings. The highest BCUT2D eigenvalue weighted by molar-refractivity contribution is 7.89. The quantitative estimate of drug-likeness (QED) is 0.476. The molecule has 2 aromatic rings. The molecule has 13 heteroatoms. The number of likely N-dealkylation sites (tertiary alicyclic amines) is 1. The number of sulfonamides is 1. The summed E-state index contributed by atoms with van der Waals surface area (Å²) in [5, 5.41) is 3.55. The molecule has 0 aromatic carbocycles. The largest absolute Gasteiger partial charge is 0.444 e. The number of nitrogens with one attached hydrogen (secondary N) is 1. The molecule has 236 valence electrons. The molecule has 2 aliphatic heterocycles. The Bertz CT molecular complexity index is 1540. The molecule has 1 saturated carbocycles. The zero-order valence-corrected chi connectivity index (χ0v) is 26.7. The first-order chi connectivity index (χ1) is 20.3. The molecule has 3 aliphatic rings. The molecule has 2 aromatic heterocycles. The Balaban J connectivity index is 1.25. The van der Waals surface area contributed by atoms with E-state index >= 15 is 0 Å². The number of nitrogens with zero attached hydrogens (tertiary/aromatic N) is 5. The molecule has 12 nitrogen and oxygen atoms in total. The van der Waals surface area contributed by atoms with E-state index < -0.39 is 27.0 Å². The van der Waals surface area contributed by atoms with Crippen molar-refractivity contribution in [3.8, 4) is 0 Å². The Labute approximate surface area is 253 Å². The van der Waals surface area contributed by atoms with Crippen molar-refractivity contribution in [2.75, 3.05) is 31.5 Å². The predicted octanol–water partition coefficient (Wildman–Crippen LogP) is 4.02. The maximum absolute atomic E-state index is 13.5. The van der Waals surface area contributed by atoms with Crippen LogP contribution in [0.2, 0.25) is 0 Å². The predicted molar refractivity (Wildman–Crippen MR) is 164 cm³/mol. The minimum absolute atomic E-state index is 0.000831. The Morgan fingerprint density at radius 1 is 1.00 bits per heavy atom. The van der Waals surface area contributed by atoms with Crippen LogP contribution in [-0.2, 0) is 14.8 Å². The third kappa shape index (κ3) is 6.57. The van der Waals surface area contributed by atoms with E-state index in [1.807, 2.05) is 20.8 Å². The molecule has 5 rings (SSSR count). The second-order valence-electron chi connectivity index (χ2n) is 13.1. The molecule has 0 bridgehead atoms. The van der Waals surface area contributed by atoms with Crippen LogP contribution in [0.1, 0.15) is 101 Å². The number of fused-ring (bicyclic) bond motifs is 1. The van der Waals surface area contributed by atoms with E-state index in [2.05, 4.69) is 10.3 Å². The summed E-state index contributed by atoms with van der Waals surface area (Å²) in [6.45, 7) is 10.1. The second kappa shape index (κ2) is 12.1. The van der Waals surface area contributed by atoms with Crippen LogP contribution in [0, 0.1) is 6.92 Å². The van der Waals surface area contributed by atoms with Crippen molar-refractivity contribution in [1.29, 1.82) is 0 Å². The first kappa shape index (κ1) is 31.4. The maximum Gasteiger partial charge on any atom is 0.410 e. The molecule has 1 amide bonds. The molecule has 0 radical (unpaired) electrons. The van der Waals surface area contributed by atoms with E-state index in [4.69, 9.17) is 9.72 Å². The van der Waals surface area contributed by atoms with Crippen molar-refractivity contribution in [1.82, 2.24) is 23.7 Å². The number of piperidine rings is 2. The number of amides is 1. The molecule has 1 aliphatic carbocycles. The SMILES string of the molecule is CC(=O)c1c(C)c2cnc(NC3CCN(S(=O)(=O)C4CCN(C(=O)OC(C)(C)C)CC4)CC3)nc2n(C2CCCC2)c1=O. The van der Waals surface area contributed by atoms with E-state index in [1.165, 1.54) is 6.92 Å². The van der Waals surface area contributed by atoms with Gasteiger partial charge in [-0.25, -0.2) is 22.5 Å². The Morgan fingerprint density at radius 2 is 1.63 bits per heavy atom. The lowest BCUT2D eigenvalue weighted by Crippen LogP contribution is -2.50. The molecule has 0 unspecified atom stereocenters. The van der Waals surface area contributed by atoms with Crippen LogP contribution >= 0.6 is 0 Å². The van der Waals surface area contributed by atoms with Gasteiger partial charge in [-0.2, -0.15) is 4.98 Å². The summed E-state index contributed by atoms with van der Waals surface area (Å²) in [7, 11) is -3.50. The van der Waals surface area contributed by atoms with Crippen LogP contribution in [-0.4, -0.2) is 87.1 Å². The van der Waals surface area contributed by atoms with Crippen LogP contribution in [0.25, 0.3) is 11.0 Å². The molecule has 0 atom stereocenters. The smallest absolute Gasteiger partial charge is 0.410 e. The van der Waals surface area contributed by atoms with Crippen LogP contribution < -0.4 is 10.9 Å². The van der Waals surface area contributed by atoms with Gasteiger partial charge in [0, 0.05) is 49.8 Å². The van der Waals surface area contributed by atoms with Gasteiger partial charge in [-0.15, -0.1) is 0 Å². The number of Topliss-reactive ketones (excluding diaryl/α,β-unsaturated/α-hetero) is 1. The number of carbonyl (C=O) groups is 2. The van der Waals surface area contributed by atoms with E-state index in [1.54, 1.807) is 26.9 Å². The topological polar surface area (TPSA) is 144 Å². The first-order valence-electron chi connectivity index (χ1n) is 15.4. The number of hydrogen-bond acceptors (Lipinski definition) is 9. The maximum atomic E-state index is 13.5. The molecule has 4 heterocycles. The average molecular weight is 617 g/mol. The number of aromatic nitrogens is 3. The number of hydrogen-bond donors (Lipinski definition) is 1. The number of carbonyl (C=O) groups excluding carboxylic acids is 2. The Morgan fingerprint density at radius 3 is 2.21 bits per heavy atom. The monoisotopic (exact) mass is 616 g/mol. The van der Waals surface area contributed by atoms with Crippen LogP contribution in [0.3, 0.4) is 0 Å². The number of ether oxygens (including phenoxy) is 1. The number of ketones is 1. The van der Waals surface area contributed by atoms with Crippen molar-refractivity contribution in [2.24, 2.45) is 0 Å². The number of rotatable bonds is 6. The van der Waals surface area contributed by atoms with Gasteiger partial charge >= 0.3 is 6.09 Å². The third-order valence-corrected chi connectivity index (χ3v) is 11.3. The van der Waals surface area contributed by atoms with E-state index in [0.717, 1.165) is 25.7 Å². The molecular weight excluding hydrogens is 572 g/mol. The van der Waals surface area contributed by atoms with Crippen molar-refractivity contribution in [2.45, 2.75) is 109 Å². The fraction of sp³-hybridized carbons (Fsp3) is 0.700. The van der Waals surface area contributed by atoms with Crippen LogP contribution in [0.15, 0.2) is 11.0 Å². The normalized spacial score (nSPS) is 20.1. The lowest BCUT2D eigenvalue weighted by atomic mass is 10.0. The summed E-state index contributed by atoms with van der Waals surface area (Å²) in [5.41, 5.74) is 0.459. The molecule has 1 N–H and O–H groups in total. The van der Waals surface area contributed by atoms with Gasteiger partial charge in [0.1, 0.15) is 11.2 Å². The summed E-state index contributed by atoms with van der Waals surface area (Å²) in [5.74, 6) is 0.137. The zero-order chi connectivity index (χ0) is 31.1. The van der Waals surface area contributed by atoms with Gasteiger partial charge in [0.15, 0.2) is 5.78 Å². The minimum Gasteiger partial charge on any atom is -0.444 e. The van der Waals surface area contributed by atoms with E-state index in [9.17, 15) is 22.8 Å². The number of pyridine rings is 1. The van der Waals surface area contributed by atoms with Gasteiger partial charge in [-0.05, 0) is 78.7 Å². The van der Waals surface area contributed by atoms with Gasteiger partial charge in [0.25, 0.3) is 5.56 Å². The third-order valence-electron chi connectivity index (χ3n) is 8.91. The zero-order valence-electron chi connectivity index (χ0n) is 25.9. The summed E-state index contributed by atoms with van der Waals surface area (Å²) in [6.07, 6.45) is 7.04. The van der Waals surface area contributed by atoms with Gasteiger partial charge in [0.2, 0.25) is 16.0 Å². The van der Waals surface area contributed by atoms with E-state index in [-0.39, 0.29) is 29.0 Å². The molecule has 43 heavy (non-hydrogen) atoms. The van der Waals surface area contributed by atoms with Gasteiger partial charge < -0.3 is 15.0 Å². The second-order valence-corrected chi connectivity index (χ2v) is 15.3. The average Bonchev–Trinajstić information content (AvgIpc) is 3.47. The summed E-state index contributed by atoms with van der Waals surface area (Å²) >= 11 is 0. The van der Waals surface area contributed by atoms with Gasteiger partial charge in [-0.3, -0.25) is 14.2 Å². The first-order valence-corrected chi connectivity index (χ1v) is 16.9. The fourth-order valence-corrected chi connectivity index (χ4v) is 8.58. The Kier molecular flexibility index (Phi) is 8.86. The van der Waals surface area contributed by atoms with Crippen molar-refractivity contribution < 1.29 is 22.7 Å². The lowest BCUT2D eigenvalue weighted by Gasteiger charge is -2.37. The van der Waals surface area contributed by atoms with Crippen molar-refractivity contribution >= 4 is 38.9 Å². The number of anilines is 1. The highest BCUT2D eigenvalue weighted by atomic mass is 32.2. The van der Waals surface area contributed by atoms with Gasteiger partial charge in [-0.1, -0.05) is 12.8 Å². The summed E-state index contributed by atoms with van der Waals surface area (Å²) in [6, 6.07) is -0.0249.